The van der Waals surface area contributed by atoms with Gasteiger partial charge < -0.3 is 5.11 Å². The molecule has 0 atom stereocenters. The highest BCUT2D eigenvalue weighted by Gasteiger charge is 2.44. The normalized spacial score (nSPS) is 14.4. The summed E-state index contributed by atoms with van der Waals surface area (Å²) in [7, 11) is 0. The van der Waals surface area contributed by atoms with E-state index >= 15 is 0 Å². The molecule has 23 heavy (non-hydrogen) atoms. The van der Waals surface area contributed by atoms with Crippen LogP contribution >= 0.6 is 11.6 Å². The maximum Gasteiger partial charge on any atom is 0.141 e. The Hall–Kier alpha value is -2.09. The highest BCUT2D eigenvalue weighted by molar-refractivity contribution is 6.30. The van der Waals surface area contributed by atoms with Gasteiger partial charge in [0.2, 0.25) is 0 Å². The van der Waals surface area contributed by atoms with Crippen molar-refractivity contribution in [3.8, 4) is 11.1 Å². The highest BCUT2D eigenvalue weighted by atomic mass is 35.5. The fourth-order valence-corrected chi connectivity index (χ4v) is 3.88. The second kappa shape index (κ2) is 4.95. The van der Waals surface area contributed by atoms with Crippen LogP contribution in [0.25, 0.3) is 11.1 Å². The van der Waals surface area contributed by atoms with Crippen molar-refractivity contribution in [2.45, 2.75) is 19.4 Å². The second-order valence-corrected chi connectivity index (χ2v) is 6.65. The third kappa shape index (κ3) is 1.90. The maximum atomic E-state index is 11.8. The minimum absolute atomic E-state index is 0.671. The fourth-order valence-electron chi connectivity index (χ4n) is 3.75. The van der Waals surface area contributed by atoms with E-state index in [9.17, 15) is 5.11 Å². The molecule has 1 N–H and O–H groups in total. The first kappa shape index (κ1) is 14.5. The van der Waals surface area contributed by atoms with E-state index in [0.29, 0.717) is 5.02 Å². The van der Waals surface area contributed by atoms with Gasteiger partial charge in [0.25, 0.3) is 0 Å². The zero-order valence-corrected chi connectivity index (χ0v) is 13.9. The van der Waals surface area contributed by atoms with E-state index in [2.05, 4.69) is 26.0 Å². The molecule has 0 saturated heterocycles. The van der Waals surface area contributed by atoms with Gasteiger partial charge in [0, 0.05) is 16.1 Å². The second-order valence-electron chi connectivity index (χ2n) is 6.21. The van der Waals surface area contributed by atoms with Gasteiger partial charge in [-0.15, -0.1) is 0 Å². The summed E-state index contributed by atoms with van der Waals surface area (Å²) in [5.41, 5.74) is 6.28. The van der Waals surface area contributed by atoms with Crippen molar-refractivity contribution in [1.29, 1.82) is 0 Å². The van der Waals surface area contributed by atoms with Gasteiger partial charge in [0.15, 0.2) is 0 Å². The fraction of sp³-hybridized carbons (Fsp3) is 0.143. The summed E-state index contributed by atoms with van der Waals surface area (Å²) in [5.74, 6) is 0. The topological polar surface area (TPSA) is 20.2 Å². The third-order valence-corrected chi connectivity index (χ3v) is 5.09. The van der Waals surface area contributed by atoms with Crippen molar-refractivity contribution in [2.24, 2.45) is 0 Å². The molecule has 0 saturated carbocycles. The van der Waals surface area contributed by atoms with Gasteiger partial charge in [-0.3, -0.25) is 0 Å². The minimum Gasteiger partial charge on any atom is -0.376 e. The first-order valence-corrected chi connectivity index (χ1v) is 8.10. The van der Waals surface area contributed by atoms with Gasteiger partial charge in [0.05, 0.1) is 0 Å². The first-order valence-electron chi connectivity index (χ1n) is 7.72. The summed E-state index contributed by atoms with van der Waals surface area (Å²) in [6.45, 7) is 4.20. The van der Waals surface area contributed by atoms with Crippen LogP contribution < -0.4 is 0 Å². The summed E-state index contributed by atoms with van der Waals surface area (Å²) >= 11 is 6.03. The molecule has 0 amide bonds. The first-order chi connectivity index (χ1) is 11.0. The largest absolute Gasteiger partial charge is 0.376 e. The summed E-state index contributed by atoms with van der Waals surface area (Å²) in [5, 5.41) is 12.4. The molecule has 114 valence electrons. The molecule has 3 aromatic rings. The smallest absolute Gasteiger partial charge is 0.141 e. The average Bonchev–Trinajstić information content (AvgIpc) is 2.81. The van der Waals surface area contributed by atoms with Crippen molar-refractivity contribution in [1.82, 2.24) is 0 Å². The molecule has 0 bridgehead atoms. The highest BCUT2D eigenvalue weighted by Crippen LogP contribution is 2.52. The molecule has 0 unspecified atom stereocenters. The Balaban J connectivity index is 2.12. The van der Waals surface area contributed by atoms with E-state index in [1.807, 2.05) is 48.5 Å². The average molecular weight is 321 g/mol. The Bertz CT molecular complexity index is 858. The quantitative estimate of drug-likeness (QED) is 0.651. The lowest BCUT2D eigenvalue weighted by Crippen LogP contribution is -2.26. The minimum atomic E-state index is -1.13. The Morgan fingerprint density at radius 1 is 0.739 bits per heavy atom. The van der Waals surface area contributed by atoms with Crippen LogP contribution in [-0.2, 0) is 5.60 Å². The standard InChI is InChI=1S/C21H17ClO/c1-13-5-3-7-17-19(13)20-14(2)6-4-8-18(20)21(17,23)15-9-11-16(22)12-10-15/h3-12,23H,1-2H3. The van der Waals surface area contributed by atoms with Gasteiger partial charge in [-0.2, -0.15) is 0 Å². The Kier molecular flexibility index (Phi) is 3.12. The van der Waals surface area contributed by atoms with Gasteiger partial charge in [-0.25, -0.2) is 0 Å². The van der Waals surface area contributed by atoms with E-state index in [4.69, 9.17) is 11.6 Å². The molecule has 3 aromatic carbocycles. The van der Waals surface area contributed by atoms with Gasteiger partial charge in [0.1, 0.15) is 5.60 Å². The predicted octanol–water partition coefficient (Wildman–Crippen LogP) is 5.22. The number of benzene rings is 3. The van der Waals surface area contributed by atoms with Crippen molar-refractivity contribution in [3.05, 3.63) is 93.5 Å². The molecular formula is C21H17ClO. The van der Waals surface area contributed by atoms with E-state index in [1.54, 1.807) is 0 Å². The maximum absolute atomic E-state index is 11.8. The van der Waals surface area contributed by atoms with Crippen molar-refractivity contribution in [3.63, 3.8) is 0 Å². The molecule has 0 radical (unpaired) electrons. The van der Waals surface area contributed by atoms with Crippen LogP contribution in [0.5, 0.6) is 0 Å². The number of rotatable bonds is 1. The summed E-state index contributed by atoms with van der Waals surface area (Å²) < 4.78 is 0. The lowest BCUT2D eigenvalue weighted by atomic mass is 9.84. The van der Waals surface area contributed by atoms with Gasteiger partial charge in [-0.05, 0) is 53.8 Å². The molecule has 1 aliphatic rings. The van der Waals surface area contributed by atoms with Crippen LogP contribution in [0.3, 0.4) is 0 Å². The molecule has 4 rings (SSSR count). The summed E-state index contributed by atoms with van der Waals surface area (Å²) in [6, 6.07) is 19.7. The van der Waals surface area contributed by atoms with Crippen LogP contribution in [0.1, 0.15) is 27.8 Å². The van der Waals surface area contributed by atoms with E-state index < -0.39 is 5.60 Å². The third-order valence-electron chi connectivity index (χ3n) is 4.84. The molecule has 2 heteroatoms. The van der Waals surface area contributed by atoms with Crippen molar-refractivity contribution < 1.29 is 5.11 Å². The predicted molar refractivity (Wildman–Crippen MR) is 94.9 cm³/mol. The SMILES string of the molecule is Cc1cccc2c1-c1c(C)cccc1C2(O)c1ccc(Cl)cc1. The van der Waals surface area contributed by atoms with Gasteiger partial charge in [-0.1, -0.05) is 60.1 Å². The molecular weight excluding hydrogens is 304 g/mol. The molecule has 0 spiro atoms. The molecule has 1 aliphatic carbocycles. The lowest BCUT2D eigenvalue weighted by Gasteiger charge is -2.26. The van der Waals surface area contributed by atoms with Crippen molar-refractivity contribution in [2.75, 3.05) is 0 Å². The molecule has 0 heterocycles. The van der Waals surface area contributed by atoms with E-state index in [-0.39, 0.29) is 0 Å². The summed E-state index contributed by atoms with van der Waals surface area (Å²) in [4.78, 5) is 0. The Morgan fingerprint density at radius 3 is 1.70 bits per heavy atom. The zero-order valence-electron chi connectivity index (χ0n) is 13.1. The van der Waals surface area contributed by atoms with Crippen LogP contribution in [-0.4, -0.2) is 5.11 Å². The lowest BCUT2D eigenvalue weighted by molar-refractivity contribution is 0.130. The molecule has 0 aliphatic heterocycles. The van der Waals surface area contributed by atoms with E-state index in [0.717, 1.165) is 27.8 Å². The zero-order chi connectivity index (χ0) is 16.2. The number of fused-ring (bicyclic) bond motifs is 3. The summed E-state index contributed by atoms with van der Waals surface area (Å²) in [6.07, 6.45) is 0. The van der Waals surface area contributed by atoms with Crippen LogP contribution in [0.4, 0.5) is 0 Å². The Labute approximate surface area is 141 Å². The van der Waals surface area contributed by atoms with Crippen LogP contribution in [0.2, 0.25) is 5.02 Å². The number of hydrogen-bond acceptors (Lipinski definition) is 1. The number of aryl methyl sites for hydroxylation is 2. The van der Waals surface area contributed by atoms with E-state index in [1.165, 1.54) is 11.1 Å². The van der Waals surface area contributed by atoms with Crippen molar-refractivity contribution >= 4 is 11.6 Å². The monoisotopic (exact) mass is 320 g/mol. The number of aliphatic hydroxyl groups is 1. The number of hydrogen-bond donors (Lipinski definition) is 1. The van der Waals surface area contributed by atoms with Crippen LogP contribution in [0.15, 0.2) is 60.7 Å². The van der Waals surface area contributed by atoms with Crippen LogP contribution in [0, 0.1) is 13.8 Å². The Morgan fingerprint density at radius 2 is 1.22 bits per heavy atom. The number of halogens is 1. The molecule has 0 aromatic heterocycles. The molecule has 0 fully saturated rings. The molecule has 1 nitrogen and oxygen atoms in total. The van der Waals surface area contributed by atoms with Gasteiger partial charge >= 0.3 is 0 Å².